The van der Waals surface area contributed by atoms with Gasteiger partial charge in [-0.1, -0.05) is 29.8 Å². The second kappa shape index (κ2) is 7.54. The summed E-state index contributed by atoms with van der Waals surface area (Å²) in [5, 5.41) is 12.1. The van der Waals surface area contributed by atoms with Crippen molar-refractivity contribution in [1.82, 2.24) is 19.7 Å². The highest BCUT2D eigenvalue weighted by Gasteiger charge is 2.13. The van der Waals surface area contributed by atoms with Gasteiger partial charge >= 0.3 is 11.7 Å². The number of nitrogens with zero attached hydrogens (tertiary/aromatic N) is 3. The van der Waals surface area contributed by atoms with Gasteiger partial charge in [0.1, 0.15) is 0 Å². The minimum atomic E-state index is -0.393. The zero-order valence-electron chi connectivity index (χ0n) is 13.4. The molecule has 0 fully saturated rings. The van der Waals surface area contributed by atoms with Gasteiger partial charge in [-0.2, -0.15) is 0 Å². The molecular formula is C16H16ClN5O2S. The quantitative estimate of drug-likeness (QED) is 0.717. The number of benzene rings is 1. The van der Waals surface area contributed by atoms with Crippen LogP contribution in [0.5, 0.6) is 0 Å². The van der Waals surface area contributed by atoms with Crippen molar-refractivity contribution in [3.8, 4) is 10.7 Å². The Morgan fingerprint density at radius 1 is 1.28 bits per heavy atom. The Bertz CT molecular complexity index is 932. The summed E-state index contributed by atoms with van der Waals surface area (Å²) in [5.74, 6) is 0.612. The van der Waals surface area contributed by atoms with E-state index in [0.29, 0.717) is 16.5 Å². The van der Waals surface area contributed by atoms with Gasteiger partial charge in [-0.05, 0) is 23.6 Å². The minimum absolute atomic E-state index is 0.225. The summed E-state index contributed by atoms with van der Waals surface area (Å²) in [6, 6.07) is 10.4. The van der Waals surface area contributed by atoms with E-state index in [4.69, 9.17) is 11.6 Å². The molecule has 7 nitrogen and oxygen atoms in total. The fourth-order valence-electron chi connectivity index (χ4n) is 2.26. The van der Waals surface area contributed by atoms with Gasteiger partial charge < -0.3 is 10.6 Å². The second-order valence-corrected chi connectivity index (χ2v) is 6.58. The third-order valence-electron chi connectivity index (χ3n) is 3.51. The molecule has 130 valence electrons. The van der Waals surface area contributed by atoms with E-state index in [0.717, 1.165) is 4.88 Å². The molecule has 0 spiro atoms. The van der Waals surface area contributed by atoms with Gasteiger partial charge in [0.15, 0.2) is 5.82 Å². The van der Waals surface area contributed by atoms with Crippen LogP contribution in [-0.2, 0) is 13.6 Å². The van der Waals surface area contributed by atoms with Gasteiger partial charge in [0.25, 0.3) is 0 Å². The fraction of sp³-hybridized carbons (Fsp3) is 0.188. The molecule has 9 heteroatoms. The number of urea groups is 1. The first-order valence-electron chi connectivity index (χ1n) is 7.53. The van der Waals surface area contributed by atoms with E-state index in [-0.39, 0.29) is 18.8 Å². The Hall–Kier alpha value is -2.58. The molecule has 0 aliphatic heterocycles. The van der Waals surface area contributed by atoms with Crippen molar-refractivity contribution in [2.45, 2.75) is 6.54 Å². The zero-order valence-corrected chi connectivity index (χ0v) is 15.0. The molecule has 0 unspecified atom stereocenters. The number of carbonyl (C=O) groups excluding carboxylic acids is 1. The highest BCUT2D eigenvalue weighted by molar-refractivity contribution is 7.13. The second-order valence-electron chi connectivity index (χ2n) is 5.23. The maximum Gasteiger partial charge on any atom is 0.346 e. The normalized spacial score (nSPS) is 10.6. The van der Waals surface area contributed by atoms with Crippen molar-refractivity contribution in [1.29, 1.82) is 0 Å². The Morgan fingerprint density at radius 2 is 2.08 bits per heavy atom. The van der Waals surface area contributed by atoms with Crippen LogP contribution in [0.2, 0.25) is 5.02 Å². The number of nitrogens with one attached hydrogen (secondary N) is 2. The first kappa shape index (κ1) is 17.2. The molecule has 25 heavy (non-hydrogen) atoms. The number of hydrogen-bond donors (Lipinski definition) is 2. The van der Waals surface area contributed by atoms with E-state index in [2.05, 4.69) is 15.7 Å². The van der Waals surface area contributed by atoms with Gasteiger partial charge in [-0.15, -0.1) is 16.4 Å². The molecule has 0 saturated carbocycles. The van der Waals surface area contributed by atoms with Crippen molar-refractivity contribution < 1.29 is 4.79 Å². The lowest BCUT2D eigenvalue weighted by molar-refractivity contribution is 0.251. The molecule has 2 heterocycles. The lowest BCUT2D eigenvalue weighted by Crippen LogP contribution is -2.34. The number of anilines is 1. The van der Waals surface area contributed by atoms with Crippen molar-refractivity contribution in [2.24, 2.45) is 7.05 Å². The molecule has 0 saturated heterocycles. The van der Waals surface area contributed by atoms with E-state index in [1.54, 1.807) is 31.3 Å². The standard InChI is InChI=1S/C16H16ClN5O2S/c1-21-14(13-7-4-10-25-13)20-22(16(21)24)9-8-18-15(23)19-12-6-3-2-5-11(12)17/h2-7,10H,8-9H2,1H3,(H2,18,19,23). The summed E-state index contributed by atoms with van der Waals surface area (Å²) in [6.07, 6.45) is 0. The summed E-state index contributed by atoms with van der Waals surface area (Å²) in [4.78, 5) is 25.0. The lowest BCUT2D eigenvalue weighted by Gasteiger charge is -2.08. The van der Waals surface area contributed by atoms with Crippen molar-refractivity contribution in [3.05, 3.63) is 57.3 Å². The molecular weight excluding hydrogens is 362 g/mol. The van der Waals surface area contributed by atoms with Crippen molar-refractivity contribution >= 4 is 34.7 Å². The number of hydrogen-bond acceptors (Lipinski definition) is 4. The number of aromatic nitrogens is 3. The number of rotatable bonds is 5. The van der Waals surface area contributed by atoms with Crippen LogP contribution in [0, 0.1) is 0 Å². The van der Waals surface area contributed by atoms with Crippen LogP contribution < -0.4 is 16.3 Å². The molecule has 2 aromatic heterocycles. The van der Waals surface area contributed by atoms with Gasteiger partial charge in [0.2, 0.25) is 0 Å². The molecule has 0 aliphatic carbocycles. The topological polar surface area (TPSA) is 81.0 Å². The van der Waals surface area contributed by atoms with E-state index >= 15 is 0 Å². The maximum absolute atomic E-state index is 12.2. The zero-order chi connectivity index (χ0) is 17.8. The Labute approximate surface area is 152 Å². The van der Waals surface area contributed by atoms with Crippen LogP contribution in [0.25, 0.3) is 10.7 Å². The lowest BCUT2D eigenvalue weighted by atomic mass is 10.3. The predicted octanol–water partition coefficient (Wildman–Crippen LogP) is 2.79. The summed E-state index contributed by atoms with van der Waals surface area (Å²) >= 11 is 7.50. The van der Waals surface area contributed by atoms with Crippen LogP contribution in [0.3, 0.4) is 0 Å². The Kier molecular flexibility index (Phi) is 5.20. The van der Waals surface area contributed by atoms with E-state index in [9.17, 15) is 9.59 Å². The molecule has 3 rings (SSSR count). The Morgan fingerprint density at radius 3 is 2.80 bits per heavy atom. The summed E-state index contributed by atoms with van der Waals surface area (Å²) in [5.41, 5.74) is 0.299. The molecule has 2 amide bonds. The number of carbonyl (C=O) groups is 1. The van der Waals surface area contributed by atoms with E-state index in [1.807, 2.05) is 17.5 Å². The highest BCUT2D eigenvalue weighted by atomic mass is 35.5. The third kappa shape index (κ3) is 3.92. The first-order chi connectivity index (χ1) is 12.1. The average Bonchev–Trinajstić information content (AvgIpc) is 3.21. The van der Waals surface area contributed by atoms with E-state index in [1.165, 1.54) is 20.6 Å². The van der Waals surface area contributed by atoms with Gasteiger partial charge in [-0.3, -0.25) is 4.57 Å². The summed E-state index contributed by atoms with van der Waals surface area (Å²) < 4.78 is 2.83. The molecule has 3 aromatic rings. The Balaban J connectivity index is 1.59. The monoisotopic (exact) mass is 377 g/mol. The van der Waals surface area contributed by atoms with Crippen LogP contribution in [-0.4, -0.2) is 26.9 Å². The van der Waals surface area contributed by atoms with Crippen LogP contribution >= 0.6 is 22.9 Å². The van der Waals surface area contributed by atoms with Crippen molar-refractivity contribution in [3.63, 3.8) is 0 Å². The molecule has 2 N–H and O–H groups in total. The molecule has 0 atom stereocenters. The number of thiophene rings is 1. The minimum Gasteiger partial charge on any atom is -0.336 e. The molecule has 1 aromatic carbocycles. The number of halogens is 1. The maximum atomic E-state index is 12.2. The van der Waals surface area contributed by atoms with Crippen molar-refractivity contribution in [2.75, 3.05) is 11.9 Å². The largest absolute Gasteiger partial charge is 0.346 e. The predicted molar refractivity (Wildman–Crippen MR) is 99.3 cm³/mol. The van der Waals surface area contributed by atoms with E-state index < -0.39 is 6.03 Å². The fourth-order valence-corrected chi connectivity index (χ4v) is 3.19. The van der Waals surface area contributed by atoms with Gasteiger partial charge in [0, 0.05) is 13.6 Å². The van der Waals surface area contributed by atoms with Gasteiger partial charge in [-0.25, -0.2) is 14.3 Å². The van der Waals surface area contributed by atoms with Crippen LogP contribution in [0.1, 0.15) is 0 Å². The van der Waals surface area contributed by atoms with Crippen LogP contribution in [0.4, 0.5) is 10.5 Å². The SMILES string of the molecule is Cn1c(-c2cccs2)nn(CCNC(=O)Nc2ccccc2Cl)c1=O. The molecule has 0 radical (unpaired) electrons. The number of para-hydroxylation sites is 1. The summed E-state index contributed by atoms with van der Waals surface area (Å²) in [7, 11) is 1.68. The third-order valence-corrected chi connectivity index (χ3v) is 4.71. The highest BCUT2D eigenvalue weighted by Crippen LogP contribution is 2.21. The molecule has 0 aliphatic rings. The number of amides is 2. The van der Waals surface area contributed by atoms with Crippen LogP contribution in [0.15, 0.2) is 46.6 Å². The molecule has 0 bridgehead atoms. The summed E-state index contributed by atoms with van der Waals surface area (Å²) in [6.45, 7) is 0.533. The average molecular weight is 378 g/mol. The first-order valence-corrected chi connectivity index (χ1v) is 8.79. The smallest absolute Gasteiger partial charge is 0.336 e. The van der Waals surface area contributed by atoms with Gasteiger partial charge in [0.05, 0.1) is 22.1 Å².